The number of rotatable bonds is 4. The van der Waals surface area contributed by atoms with Crippen molar-refractivity contribution in [1.29, 1.82) is 0 Å². The van der Waals surface area contributed by atoms with Gasteiger partial charge in [0, 0.05) is 18.8 Å². The highest BCUT2D eigenvalue weighted by atomic mass is 16.2. The quantitative estimate of drug-likeness (QED) is 0.740. The molecular formula is C14H19N3O2. The molecule has 2 rings (SSSR count). The number of carbonyl (C=O) groups excluding carboxylic acids is 2. The average Bonchev–Trinajstić information content (AvgIpc) is 2.44. The van der Waals surface area contributed by atoms with Crippen LogP contribution in [0.15, 0.2) is 24.3 Å². The summed E-state index contributed by atoms with van der Waals surface area (Å²) in [5.41, 5.74) is 2.24. The zero-order valence-corrected chi connectivity index (χ0v) is 11.0. The van der Waals surface area contributed by atoms with Crippen LogP contribution in [0.5, 0.6) is 0 Å². The second kappa shape index (κ2) is 6.22. The van der Waals surface area contributed by atoms with Gasteiger partial charge in [-0.2, -0.15) is 0 Å². The first-order chi connectivity index (χ1) is 9.20. The summed E-state index contributed by atoms with van der Waals surface area (Å²) in [6, 6.07) is 7.97. The maximum absolute atomic E-state index is 12.0. The summed E-state index contributed by atoms with van der Waals surface area (Å²) >= 11 is 0. The lowest BCUT2D eigenvalue weighted by molar-refractivity contribution is -0.128. The summed E-state index contributed by atoms with van der Waals surface area (Å²) in [6.45, 7) is 3.08. The first kappa shape index (κ1) is 13.4. The van der Waals surface area contributed by atoms with Gasteiger partial charge in [0.05, 0.1) is 12.5 Å². The first-order valence-corrected chi connectivity index (χ1v) is 6.57. The normalized spacial score (nSPS) is 17.0. The molecule has 1 aromatic rings. The summed E-state index contributed by atoms with van der Waals surface area (Å²) in [5.74, 6) is -0.349. The smallest absolute Gasteiger partial charge is 0.239 e. The molecule has 0 aromatic heterocycles. The van der Waals surface area contributed by atoms with Gasteiger partial charge in [0.2, 0.25) is 11.8 Å². The lowest BCUT2D eigenvalue weighted by Crippen LogP contribution is -2.42. The van der Waals surface area contributed by atoms with E-state index >= 15 is 0 Å². The minimum atomic E-state index is -0.153. The SMILES string of the molecule is CCNC(=O)CNC(=O)C1CNc2ccccc2C1. The van der Waals surface area contributed by atoms with Crippen molar-refractivity contribution >= 4 is 17.5 Å². The highest BCUT2D eigenvalue weighted by molar-refractivity contribution is 5.86. The molecule has 3 N–H and O–H groups in total. The van der Waals surface area contributed by atoms with E-state index in [1.54, 1.807) is 0 Å². The van der Waals surface area contributed by atoms with Crippen LogP contribution in [0, 0.1) is 5.92 Å². The standard InChI is InChI=1S/C14H19N3O2/c1-2-15-13(18)9-17-14(19)11-7-10-5-3-4-6-12(10)16-8-11/h3-6,11,16H,2,7-9H2,1H3,(H,15,18)(H,17,19). The lowest BCUT2D eigenvalue weighted by Gasteiger charge is -2.25. The predicted octanol–water partition coefficient (Wildman–Crippen LogP) is 0.523. The largest absolute Gasteiger partial charge is 0.384 e. The van der Waals surface area contributed by atoms with Gasteiger partial charge < -0.3 is 16.0 Å². The van der Waals surface area contributed by atoms with E-state index in [4.69, 9.17) is 0 Å². The summed E-state index contributed by atoms with van der Waals surface area (Å²) in [4.78, 5) is 23.3. The molecule has 0 spiro atoms. The molecule has 5 nitrogen and oxygen atoms in total. The van der Waals surface area contributed by atoms with E-state index in [1.807, 2.05) is 31.2 Å². The second-order valence-corrected chi connectivity index (χ2v) is 4.61. The third kappa shape index (κ3) is 3.47. The fourth-order valence-corrected chi connectivity index (χ4v) is 2.20. The van der Waals surface area contributed by atoms with Crippen LogP contribution in [-0.4, -0.2) is 31.4 Å². The molecule has 1 atom stereocenters. The summed E-state index contributed by atoms with van der Waals surface area (Å²) in [5, 5.41) is 8.57. The zero-order chi connectivity index (χ0) is 13.7. The Balaban J connectivity index is 1.87. The van der Waals surface area contributed by atoms with Crippen LogP contribution >= 0.6 is 0 Å². The molecule has 0 bridgehead atoms. The van der Waals surface area contributed by atoms with Gasteiger partial charge in [0.1, 0.15) is 0 Å². The summed E-state index contributed by atoms with van der Waals surface area (Å²) in [6.07, 6.45) is 0.713. The number of fused-ring (bicyclic) bond motifs is 1. The minimum Gasteiger partial charge on any atom is -0.384 e. The van der Waals surface area contributed by atoms with Crippen molar-refractivity contribution in [3.8, 4) is 0 Å². The van der Waals surface area contributed by atoms with Crippen molar-refractivity contribution < 1.29 is 9.59 Å². The van der Waals surface area contributed by atoms with Crippen LogP contribution in [0.4, 0.5) is 5.69 Å². The number of likely N-dealkylation sites (N-methyl/N-ethyl adjacent to an activating group) is 1. The van der Waals surface area contributed by atoms with E-state index < -0.39 is 0 Å². The molecule has 0 aliphatic carbocycles. The van der Waals surface area contributed by atoms with E-state index in [0.29, 0.717) is 19.5 Å². The van der Waals surface area contributed by atoms with E-state index in [9.17, 15) is 9.59 Å². The summed E-state index contributed by atoms with van der Waals surface area (Å²) in [7, 11) is 0. The topological polar surface area (TPSA) is 70.2 Å². The van der Waals surface area contributed by atoms with Crippen LogP contribution in [0.1, 0.15) is 12.5 Å². The molecule has 1 aliphatic heterocycles. The number of amides is 2. The highest BCUT2D eigenvalue weighted by Gasteiger charge is 2.24. The second-order valence-electron chi connectivity index (χ2n) is 4.61. The molecule has 102 valence electrons. The Labute approximate surface area is 112 Å². The third-order valence-corrected chi connectivity index (χ3v) is 3.19. The van der Waals surface area contributed by atoms with Crippen molar-refractivity contribution in [2.75, 3.05) is 25.0 Å². The van der Waals surface area contributed by atoms with Gasteiger partial charge >= 0.3 is 0 Å². The van der Waals surface area contributed by atoms with Crippen LogP contribution in [0.25, 0.3) is 0 Å². The lowest BCUT2D eigenvalue weighted by atomic mass is 9.93. The van der Waals surface area contributed by atoms with Crippen molar-refractivity contribution in [2.45, 2.75) is 13.3 Å². The number of carbonyl (C=O) groups is 2. The van der Waals surface area contributed by atoms with Crippen molar-refractivity contribution in [1.82, 2.24) is 10.6 Å². The Morgan fingerprint density at radius 1 is 1.32 bits per heavy atom. The van der Waals surface area contributed by atoms with E-state index in [2.05, 4.69) is 16.0 Å². The van der Waals surface area contributed by atoms with Crippen LogP contribution in [-0.2, 0) is 16.0 Å². The number of para-hydroxylation sites is 1. The summed E-state index contributed by atoms with van der Waals surface area (Å²) < 4.78 is 0. The van der Waals surface area contributed by atoms with Gasteiger partial charge in [0.25, 0.3) is 0 Å². The molecule has 1 aromatic carbocycles. The zero-order valence-electron chi connectivity index (χ0n) is 11.0. The Kier molecular flexibility index (Phi) is 4.39. The van der Waals surface area contributed by atoms with E-state index in [1.165, 1.54) is 0 Å². The van der Waals surface area contributed by atoms with Crippen molar-refractivity contribution in [3.63, 3.8) is 0 Å². The molecule has 0 radical (unpaired) electrons. The number of hydrogen-bond donors (Lipinski definition) is 3. The maximum Gasteiger partial charge on any atom is 0.239 e. The van der Waals surface area contributed by atoms with Gasteiger partial charge in [-0.25, -0.2) is 0 Å². The molecular weight excluding hydrogens is 242 g/mol. The molecule has 1 heterocycles. The van der Waals surface area contributed by atoms with E-state index in [-0.39, 0.29) is 24.3 Å². The molecule has 1 unspecified atom stereocenters. The number of nitrogens with one attached hydrogen (secondary N) is 3. The Bertz CT molecular complexity index is 474. The van der Waals surface area contributed by atoms with Crippen LogP contribution in [0.3, 0.4) is 0 Å². The fraction of sp³-hybridized carbons (Fsp3) is 0.429. The number of benzene rings is 1. The Morgan fingerprint density at radius 3 is 2.89 bits per heavy atom. The van der Waals surface area contributed by atoms with Gasteiger partial charge in [-0.1, -0.05) is 18.2 Å². The molecule has 0 fully saturated rings. The highest BCUT2D eigenvalue weighted by Crippen LogP contribution is 2.24. The Hall–Kier alpha value is -2.04. The molecule has 5 heteroatoms. The molecule has 0 saturated heterocycles. The number of anilines is 1. The monoisotopic (exact) mass is 261 g/mol. The van der Waals surface area contributed by atoms with E-state index in [0.717, 1.165) is 11.3 Å². The van der Waals surface area contributed by atoms with Gasteiger partial charge in [-0.05, 0) is 25.0 Å². The fourth-order valence-electron chi connectivity index (χ4n) is 2.20. The molecule has 2 amide bonds. The first-order valence-electron chi connectivity index (χ1n) is 6.57. The van der Waals surface area contributed by atoms with Gasteiger partial charge in [0.15, 0.2) is 0 Å². The Morgan fingerprint density at radius 2 is 2.11 bits per heavy atom. The maximum atomic E-state index is 12.0. The molecule has 19 heavy (non-hydrogen) atoms. The third-order valence-electron chi connectivity index (χ3n) is 3.19. The number of hydrogen-bond acceptors (Lipinski definition) is 3. The predicted molar refractivity (Wildman–Crippen MR) is 73.8 cm³/mol. The average molecular weight is 261 g/mol. The van der Waals surface area contributed by atoms with Crippen LogP contribution in [0.2, 0.25) is 0 Å². The van der Waals surface area contributed by atoms with Crippen LogP contribution < -0.4 is 16.0 Å². The molecule has 0 saturated carbocycles. The van der Waals surface area contributed by atoms with Gasteiger partial charge in [-0.3, -0.25) is 9.59 Å². The van der Waals surface area contributed by atoms with Crippen molar-refractivity contribution in [2.24, 2.45) is 5.92 Å². The minimum absolute atomic E-state index is 0.0464. The molecule has 1 aliphatic rings. The van der Waals surface area contributed by atoms with Crippen molar-refractivity contribution in [3.05, 3.63) is 29.8 Å². The van der Waals surface area contributed by atoms with Gasteiger partial charge in [-0.15, -0.1) is 0 Å².